The first-order chi connectivity index (χ1) is 30.6. The van der Waals surface area contributed by atoms with E-state index in [0.717, 1.165) is 62.0 Å². The molecule has 1 aliphatic rings. The summed E-state index contributed by atoms with van der Waals surface area (Å²) in [6.45, 7) is 6.96. The molecule has 63 heavy (non-hydrogen) atoms. The first-order valence-corrected chi connectivity index (χ1v) is 21.4. The number of ether oxygens (including phenoxy) is 4. The summed E-state index contributed by atoms with van der Waals surface area (Å²) >= 11 is 8.09. The molecule has 4 heterocycles. The van der Waals surface area contributed by atoms with E-state index in [9.17, 15) is 18.7 Å². The van der Waals surface area contributed by atoms with Gasteiger partial charge in [0.25, 0.3) is 0 Å². The number of nitrogens with zero attached hydrogens (tertiary/aromatic N) is 6. The number of pyridine rings is 1. The van der Waals surface area contributed by atoms with Gasteiger partial charge in [-0.25, -0.2) is 23.5 Å². The summed E-state index contributed by atoms with van der Waals surface area (Å²) in [5.74, 6) is -1.25. The third kappa shape index (κ3) is 9.71. The summed E-state index contributed by atoms with van der Waals surface area (Å²) in [6.07, 6.45) is 1.67. The second kappa shape index (κ2) is 19.4. The molecule has 0 bridgehead atoms. The Labute approximate surface area is 371 Å². The van der Waals surface area contributed by atoms with Gasteiger partial charge in [-0.05, 0) is 90.7 Å². The minimum absolute atomic E-state index is 0.0231. The zero-order valence-electron chi connectivity index (χ0n) is 34.7. The summed E-state index contributed by atoms with van der Waals surface area (Å²) in [6, 6.07) is 23.4. The van der Waals surface area contributed by atoms with E-state index < -0.39 is 23.7 Å². The standard InChI is InChI=1S/C47H43ClF2N6O6S/c1-28-32(13-15-38(43(28)48)60-23-22-56-20-18-55(2)19-21-56)41-42-40(26-52-44(41)30-12-14-34(49)35(50)24-30)63-54-46(42)62-39(47(57)58)25-29-8-4-6-10-36(29)61-27-31-16-17-51-45(53-31)33-9-5-7-11-37(33)59-3/h4-17,24,26,39H,18-23,25,27H2,1-3H3,(H,57,58)/t39-/m1/s1. The number of carboxylic acids is 1. The molecule has 7 aromatic rings. The Morgan fingerprint density at radius 1 is 0.905 bits per heavy atom. The number of aromatic nitrogens is 4. The van der Waals surface area contributed by atoms with E-state index in [0.29, 0.717) is 78.4 Å². The molecule has 3 aromatic heterocycles. The molecule has 0 aliphatic carbocycles. The van der Waals surface area contributed by atoms with Crippen LogP contribution in [0.5, 0.6) is 23.1 Å². The highest BCUT2D eigenvalue weighted by atomic mass is 35.5. The number of piperazine rings is 1. The van der Waals surface area contributed by atoms with Crippen LogP contribution in [0, 0.1) is 18.6 Å². The van der Waals surface area contributed by atoms with Crippen LogP contribution in [-0.2, 0) is 17.8 Å². The van der Waals surface area contributed by atoms with Gasteiger partial charge in [0.2, 0.25) is 12.0 Å². The van der Waals surface area contributed by atoms with Crippen LogP contribution < -0.4 is 18.9 Å². The topological polar surface area (TPSA) is 132 Å². The molecule has 1 saturated heterocycles. The predicted octanol–water partition coefficient (Wildman–Crippen LogP) is 9.01. The van der Waals surface area contributed by atoms with Gasteiger partial charge in [-0.3, -0.25) is 9.88 Å². The molecule has 0 spiro atoms. The van der Waals surface area contributed by atoms with E-state index in [1.54, 1.807) is 55.9 Å². The van der Waals surface area contributed by atoms with E-state index >= 15 is 0 Å². The molecule has 0 saturated carbocycles. The minimum Gasteiger partial charge on any atom is -0.496 e. The van der Waals surface area contributed by atoms with Crippen molar-refractivity contribution >= 4 is 39.2 Å². The van der Waals surface area contributed by atoms with Crippen LogP contribution in [0.2, 0.25) is 5.02 Å². The number of aliphatic carboxylic acids is 1. The monoisotopic (exact) mass is 892 g/mol. The SMILES string of the molecule is COc1ccccc1-c1nccc(COc2ccccc2C[C@@H](Oc2nsc3cnc(-c4ccc(F)c(F)c4)c(-c4ccc(OCCN5CCN(C)CC5)c(Cl)c4C)c23)C(=O)O)n1. The molecule has 1 fully saturated rings. The second-order valence-electron chi connectivity index (χ2n) is 15.0. The number of rotatable bonds is 16. The van der Waals surface area contributed by atoms with Crippen molar-refractivity contribution in [3.63, 3.8) is 0 Å². The molecule has 1 aliphatic heterocycles. The Hall–Kier alpha value is -6.26. The summed E-state index contributed by atoms with van der Waals surface area (Å²) in [4.78, 5) is 31.4. The molecule has 16 heteroatoms. The van der Waals surface area contributed by atoms with Gasteiger partial charge in [-0.1, -0.05) is 48.0 Å². The average molecular weight is 893 g/mol. The normalized spacial score (nSPS) is 13.8. The Kier molecular flexibility index (Phi) is 13.4. The molecule has 0 unspecified atom stereocenters. The molecule has 1 atom stereocenters. The Balaban J connectivity index is 1.09. The quantitative estimate of drug-likeness (QED) is 0.0993. The number of carboxylic acid groups (broad SMARTS) is 1. The Morgan fingerprint density at radius 3 is 2.46 bits per heavy atom. The fourth-order valence-electron chi connectivity index (χ4n) is 7.43. The van der Waals surface area contributed by atoms with Gasteiger partial charge in [0.1, 0.15) is 30.5 Å². The molecule has 12 nitrogen and oxygen atoms in total. The van der Waals surface area contributed by atoms with E-state index in [4.69, 9.17) is 35.5 Å². The molecule has 0 amide bonds. The van der Waals surface area contributed by atoms with Gasteiger partial charge in [0.05, 0.1) is 39.2 Å². The summed E-state index contributed by atoms with van der Waals surface area (Å²) in [7, 11) is 3.69. The van der Waals surface area contributed by atoms with Crippen LogP contribution in [-0.4, -0.2) is 99.8 Å². The number of hydrogen-bond acceptors (Lipinski definition) is 12. The lowest BCUT2D eigenvalue weighted by atomic mass is 9.93. The predicted molar refractivity (Wildman–Crippen MR) is 238 cm³/mol. The maximum Gasteiger partial charge on any atom is 0.345 e. The lowest BCUT2D eigenvalue weighted by Gasteiger charge is -2.32. The molecular formula is C47H43ClF2N6O6S. The van der Waals surface area contributed by atoms with Crippen molar-refractivity contribution in [2.75, 3.05) is 53.5 Å². The van der Waals surface area contributed by atoms with Crippen LogP contribution in [0.1, 0.15) is 16.8 Å². The van der Waals surface area contributed by atoms with Gasteiger partial charge in [0, 0.05) is 62.7 Å². The number of carbonyl (C=O) groups is 1. The minimum atomic E-state index is -1.43. The van der Waals surface area contributed by atoms with Crippen molar-refractivity contribution in [1.82, 2.24) is 29.1 Å². The smallest absolute Gasteiger partial charge is 0.345 e. The van der Waals surface area contributed by atoms with Crippen molar-refractivity contribution in [2.45, 2.75) is 26.1 Å². The molecule has 0 radical (unpaired) electrons. The summed E-state index contributed by atoms with van der Waals surface area (Å²) in [5.41, 5.74) is 4.14. The van der Waals surface area contributed by atoms with E-state index in [2.05, 4.69) is 31.2 Å². The van der Waals surface area contributed by atoms with Crippen LogP contribution in [0.3, 0.4) is 0 Å². The molecular weight excluding hydrogens is 850 g/mol. The van der Waals surface area contributed by atoms with Gasteiger partial charge in [-0.15, -0.1) is 0 Å². The maximum atomic E-state index is 14.8. The first kappa shape index (κ1) is 43.4. The average Bonchev–Trinajstić information content (AvgIpc) is 3.71. The maximum absolute atomic E-state index is 14.8. The van der Waals surface area contributed by atoms with Crippen molar-refractivity contribution < 1.29 is 37.6 Å². The molecule has 324 valence electrons. The number of likely N-dealkylation sites (N-methyl/N-ethyl adjacent to an activating group) is 1. The zero-order chi connectivity index (χ0) is 44.0. The van der Waals surface area contributed by atoms with Crippen molar-refractivity contribution in [1.29, 1.82) is 0 Å². The molecule has 4 aromatic carbocycles. The summed E-state index contributed by atoms with van der Waals surface area (Å²) < 4.78 is 58.4. The number of fused-ring (bicyclic) bond motifs is 1. The van der Waals surface area contributed by atoms with Crippen molar-refractivity contribution in [3.05, 3.63) is 131 Å². The first-order valence-electron chi connectivity index (χ1n) is 20.2. The van der Waals surface area contributed by atoms with Crippen LogP contribution >= 0.6 is 23.1 Å². The van der Waals surface area contributed by atoms with E-state index in [1.807, 2.05) is 37.3 Å². The van der Waals surface area contributed by atoms with Crippen molar-refractivity contribution in [3.8, 4) is 56.9 Å². The van der Waals surface area contributed by atoms with Gasteiger partial charge < -0.3 is 29.0 Å². The van der Waals surface area contributed by atoms with Gasteiger partial charge in [0.15, 0.2) is 17.5 Å². The zero-order valence-corrected chi connectivity index (χ0v) is 36.3. The molecule has 1 N–H and O–H groups in total. The van der Waals surface area contributed by atoms with Gasteiger partial charge >= 0.3 is 5.97 Å². The third-order valence-corrected chi connectivity index (χ3v) is 12.1. The van der Waals surface area contributed by atoms with Crippen LogP contribution in [0.15, 0.2) is 97.3 Å². The van der Waals surface area contributed by atoms with Crippen LogP contribution in [0.4, 0.5) is 8.78 Å². The lowest BCUT2D eigenvalue weighted by molar-refractivity contribution is -0.145. The van der Waals surface area contributed by atoms with Crippen LogP contribution in [0.25, 0.3) is 43.9 Å². The highest BCUT2D eigenvalue weighted by molar-refractivity contribution is 7.13. The highest BCUT2D eigenvalue weighted by Gasteiger charge is 2.28. The summed E-state index contributed by atoms with van der Waals surface area (Å²) in [5, 5.41) is 11.4. The van der Waals surface area contributed by atoms with Gasteiger partial charge in [-0.2, -0.15) is 4.37 Å². The number of para-hydroxylation sites is 2. The Morgan fingerprint density at radius 2 is 1.68 bits per heavy atom. The van der Waals surface area contributed by atoms with E-state index in [-0.39, 0.29) is 24.5 Å². The Bertz CT molecular complexity index is 2770. The fourth-order valence-corrected chi connectivity index (χ4v) is 8.35. The largest absolute Gasteiger partial charge is 0.496 e. The number of hydrogen-bond donors (Lipinski definition) is 1. The highest BCUT2D eigenvalue weighted by Crippen LogP contribution is 2.46. The van der Waals surface area contributed by atoms with E-state index in [1.165, 1.54) is 6.07 Å². The number of benzene rings is 4. The lowest BCUT2D eigenvalue weighted by Crippen LogP contribution is -2.45. The number of halogens is 3. The molecule has 8 rings (SSSR count). The van der Waals surface area contributed by atoms with Crippen molar-refractivity contribution in [2.24, 2.45) is 0 Å². The number of methoxy groups -OCH3 is 1. The fraction of sp³-hybridized carbons (Fsp3) is 0.255. The second-order valence-corrected chi connectivity index (χ2v) is 16.2. The third-order valence-electron chi connectivity index (χ3n) is 10.9.